The van der Waals surface area contributed by atoms with Crippen molar-refractivity contribution in [2.75, 3.05) is 12.3 Å². The Bertz CT molecular complexity index is 1280. The molecule has 1 saturated heterocycles. The molecule has 0 amide bonds. The summed E-state index contributed by atoms with van der Waals surface area (Å²) in [6, 6.07) is 10.3. The summed E-state index contributed by atoms with van der Waals surface area (Å²) in [6.07, 6.45) is 2.06. The molecule has 3 aromatic heterocycles. The first-order valence-corrected chi connectivity index (χ1v) is 9.42. The van der Waals surface area contributed by atoms with Gasteiger partial charge in [-0.1, -0.05) is 17.3 Å². The zero-order chi connectivity index (χ0) is 20.7. The van der Waals surface area contributed by atoms with Gasteiger partial charge in [0.1, 0.15) is 12.3 Å². The normalized spacial score (nSPS) is 18.8. The first-order valence-electron chi connectivity index (χ1n) is 9.42. The molecule has 0 spiro atoms. The second-order valence-corrected chi connectivity index (χ2v) is 7.13. The topological polar surface area (TPSA) is 142 Å². The minimum absolute atomic E-state index is 0.0130. The first-order chi connectivity index (χ1) is 14.6. The van der Waals surface area contributed by atoms with Gasteiger partial charge in [0.05, 0.1) is 18.1 Å². The number of anilines is 1. The maximum Gasteiger partial charge on any atom is 0.264 e. The van der Waals surface area contributed by atoms with Crippen molar-refractivity contribution < 1.29 is 14.4 Å². The van der Waals surface area contributed by atoms with Gasteiger partial charge in [-0.05, 0) is 36.2 Å². The van der Waals surface area contributed by atoms with Gasteiger partial charge in [-0.15, -0.1) is 0 Å². The Morgan fingerprint density at radius 1 is 1.23 bits per heavy atom. The van der Waals surface area contributed by atoms with E-state index in [0.29, 0.717) is 29.9 Å². The number of ether oxygens (including phenoxy) is 1. The Balaban J connectivity index is 1.36. The lowest BCUT2D eigenvalue weighted by Crippen LogP contribution is -2.25. The zero-order valence-electron chi connectivity index (χ0n) is 15.8. The predicted octanol–water partition coefficient (Wildman–Crippen LogP) is 1.76. The number of hydrogen-bond donors (Lipinski definition) is 2. The molecule has 1 aromatic carbocycles. The monoisotopic (exact) mass is 406 g/mol. The largest absolute Gasteiger partial charge is 0.508 e. The van der Waals surface area contributed by atoms with Crippen molar-refractivity contribution >= 4 is 17.0 Å². The summed E-state index contributed by atoms with van der Waals surface area (Å²) in [7, 11) is 0. The number of hydrogen-bond acceptors (Lipinski definition) is 9. The number of nitrogen functional groups attached to an aromatic ring is 1. The van der Waals surface area contributed by atoms with Crippen LogP contribution in [0, 0.1) is 0 Å². The smallest absolute Gasteiger partial charge is 0.264 e. The van der Waals surface area contributed by atoms with Crippen LogP contribution in [0.3, 0.4) is 0 Å². The van der Waals surface area contributed by atoms with Crippen LogP contribution in [0.5, 0.6) is 5.75 Å². The van der Waals surface area contributed by atoms with Gasteiger partial charge in [-0.2, -0.15) is 9.97 Å². The Morgan fingerprint density at radius 2 is 2.13 bits per heavy atom. The van der Waals surface area contributed by atoms with E-state index in [1.54, 1.807) is 36.5 Å². The minimum Gasteiger partial charge on any atom is -0.508 e. The number of pyridine rings is 1. The Morgan fingerprint density at radius 3 is 3.00 bits per heavy atom. The highest BCUT2D eigenvalue weighted by atomic mass is 16.5. The number of aromatic hydroxyl groups is 1. The lowest BCUT2D eigenvalue weighted by molar-refractivity contribution is 0.110. The van der Waals surface area contributed by atoms with Crippen molar-refractivity contribution in [2.24, 2.45) is 0 Å². The third-order valence-electron chi connectivity index (χ3n) is 5.14. The molecule has 1 fully saturated rings. The fourth-order valence-electron chi connectivity index (χ4n) is 3.62. The third-order valence-corrected chi connectivity index (χ3v) is 5.14. The third kappa shape index (κ3) is 3.26. The molecular formula is C20H18N6O4. The van der Waals surface area contributed by atoms with Gasteiger partial charge < -0.3 is 20.1 Å². The van der Waals surface area contributed by atoms with Crippen LogP contribution in [0.15, 0.2) is 51.9 Å². The maximum atomic E-state index is 12.7. The second-order valence-electron chi connectivity index (χ2n) is 7.13. The van der Waals surface area contributed by atoms with E-state index in [2.05, 4.69) is 20.1 Å². The molecule has 0 unspecified atom stereocenters. The SMILES string of the molecule is Nc1nc2ncccc2c(=O)n1Cc1nc([C@@H]2CO[C@@H](c3cccc(O)c3)C2)no1. The van der Waals surface area contributed by atoms with Gasteiger partial charge in [-0.3, -0.25) is 9.36 Å². The van der Waals surface area contributed by atoms with Crippen molar-refractivity contribution in [3.05, 3.63) is 70.2 Å². The number of phenolic OH excluding ortho intramolecular Hbond substituents is 1. The Hall–Kier alpha value is -3.79. The molecule has 30 heavy (non-hydrogen) atoms. The van der Waals surface area contributed by atoms with Gasteiger partial charge in [0.2, 0.25) is 11.8 Å². The van der Waals surface area contributed by atoms with Crippen LogP contribution in [0.2, 0.25) is 0 Å². The van der Waals surface area contributed by atoms with Gasteiger partial charge in [-0.25, -0.2) is 4.98 Å². The van der Waals surface area contributed by atoms with Gasteiger partial charge in [0.15, 0.2) is 11.5 Å². The molecule has 10 heteroatoms. The molecule has 0 radical (unpaired) electrons. The molecule has 5 rings (SSSR count). The van der Waals surface area contributed by atoms with E-state index in [1.165, 1.54) is 4.57 Å². The summed E-state index contributed by atoms with van der Waals surface area (Å²) in [4.78, 5) is 25.4. The van der Waals surface area contributed by atoms with E-state index in [0.717, 1.165) is 5.56 Å². The van der Waals surface area contributed by atoms with Gasteiger partial charge in [0.25, 0.3) is 5.56 Å². The molecule has 1 aliphatic heterocycles. The highest BCUT2D eigenvalue weighted by Gasteiger charge is 2.31. The van der Waals surface area contributed by atoms with Crippen molar-refractivity contribution in [3.8, 4) is 5.75 Å². The Labute approximate surface area is 170 Å². The number of rotatable bonds is 4. The highest BCUT2D eigenvalue weighted by molar-refractivity contribution is 5.74. The molecule has 0 aliphatic carbocycles. The average molecular weight is 406 g/mol. The average Bonchev–Trinajstić information content (AvgIpc) is 3.41. The zero-order valence-corrected chi connectivity index (χ0v) is 15.8. The van der Waals surface area contributed by atoms with Gasteiger partial charge >= 0.3 is 0 Å². The number of nitrogens with two attached hydrogens (primary N) is 1. The molecular weight excluding hydrogens is 388 g/mol. The number of aromatic nitrogens is 5. The van der Waals surface area contributed by atoms with Crippen LogP contribution >= 0.6 is 0 Å². The first kappa shape index (κ1) is 18.3. The Kier molecular flexibility index (Phi) is 4.40. The van der Waals surface area contributed by atoms with E-state index in [1.807, 2.05) is 6.07 Å². The van der Waals surface area contributed by atoms with E-state index in [9.17, 15) is 9.90 Å². The van der Waals surface area contributed by atoms with Crippen LogP contribution in [0.1, 0.15) is 35.7 Å². The summed E-state index contributed by atoms with van der Waals surface area (Å²) < 4.78 is 12.5. The summed E-state index contributed by atoms with van der Waals surface area (Å²) in [6.45, 7) is 0.448. The molecule has 152 valence electrons. The highest BCUT2D eigenvalue weighted by Crippen LogP contribution is 2.37. The van der Waals surface area contributed by atoms with E-state index < -0.39 is 0 Å². The van der Waals surface area contributed by atoms with Crippen LogP contribution in [0.25, 0.3) is 11.0 Å². The molecule has 2 atom stereocenters. The molecule has 4 aromatic rings. The summed E-state index contributed by atoms with van der Waals surface area (Å²) in [5.74, 6) is 0.935. The van der Waals surface area contributed by atoms with Gasteiger partial charge in [0, 0.05) is 12.1 Å². The fourth-order valence-corrected chi connectivity index (χ4v) is 3.62. The van der Waals surface area contributed by atoms with Crippen molar-refractivity contribution in [1.29, 1.82) is 0 Å². The standard InChI is InChI=1S/C20H18N6O4/c21-20-24-18-14(5-2-6-22-18)19(28)26(20)9-16-23-17(25-30-16)12-8-15(29-10-12)11-3-1-4-13(27)7-11/h1-7,12,15,27H,8-10H2,(H2,21,22,24)/t12-,15+/m0/s1. The van der Waals surface area contributed by atoms with E-state index in [4.69, 9.17) is 15.0 Å². The van der Waals surface area contributed by atoms with E-state index in [-0.39, 0.29) is 41.7 Å². The number of nitrogens with zero attached hydrogens (tertiary/aromatic N) is 5. The van der Waals surface area contributed by atoms with Crippen molar-refractivity contribution in [1.82, 2.24) is 24.7 Å². The molecule has 1 aliphatic rings. The molecule has 0 bridgehead atoms. The maximum absolute atomic E-state index is 12.7. The lowest BCUT2D eigenvalue weighted by atomic mass is 10.00. The number of fused-ring (bicyclic) bond motifs is 1. The summed E-state index contributed by atoms with van der Waals surface area (Å²) >= 11 is 0. The number of benzene rings is 1. The predicted molar refractivity (Wildman–Crippen MR) is 106 cm³/mol. The van der Waals surface area contributed by atoms with E-state index >= 15 is 0 Å². The molecule has 3 N–H and O–H groups in total. The van der Waals surface area contributed by atoms with Crippen molar-refractivity contribution in [2.45, 2.75) is 25.0 Å². The van der Waals surface area contributed by atoms with Crippen LogP contribution in [-0.4, -0.2) is 36.4 Å². The lowest BCUT2D eigenvalue weighted by Gasteiger charge is -2.09. The molecule has 10 nitrogen and oxygen atoms in total. The van der Waals surface area contributed by atoms with Crippen LogP contribution < -0.4 is 11.3 Å². The minimum atomic E-state index is -0.321. The fraction of sp³-hybridized carbons (Fsp3) is 0.250. The molecule has 4 heterocycles. The van der Waals surface area contributed by atoms with Crippen molar-refractivity contribution in [3.63, 3.8) is 0 Å². The summed E-state index contributed by atoms with van der Waals surface area (Å²) in [5, 5.41) is 14.1. The quantitative estimate of drug-likeness (QED) is 0.518. The van der Waals surface area contributed by atoms with Crippen LogP contribution in [-0.2, 0) is 11.3 Å². The molecule has 0 saturated carbocycles. The second kappa shape index (κ2) is 7.23. The number of phenols is 1. The summed E-state index contributed by atoms with van der Waals surface area (Å²) in [5.41, 5.74) is 6.81. The van der Waals surface area contributed by atoms with Crippen LogP contribution in [0.4, 0.5) is 5.95 Å².